The molecular formula is C19H14F2N2O5. The van der Waals surface area contributed by atoms with Gasteiger partial charge in [0, 0.05) is 18.9 Å². The first-order valence-corrected chi connectivity index (χ1v) is 8.23. The summed E-state index contributed by atoms with van der Waals surface area (Å²) >= 11 is 0. The third kappa shape index (κ3) is 4.20. The topological polar surface area (TPSA) is 92.8 Å². The van der Waals surface area contributed by atoms with E-state index in [2.05, 4.69) is 5.32 Å². The number of hydrogen-bond acceptors (Lipinski definition) is 5. The number of amides is 3. The van der Waals surface area contributed by atoms with Gasteiger partial charge in [0.2, 0.25) is 11.8 Å². The Kier molecular flexibility index (Phi) is 5.44. The summed E-state index contributed by atoms with van der Waals surface area (Å²) in [6.07, 6.45) is 0.290. The number of esters is 1. The molecule has 144 valence electrons. The molecule has 2 aromatic rings. The van der Waals surface area contributed by atoms with E-state index in [1.54, 1.807) is 0 Å². The molecule has 3 rings (SSSR count). The van der Waals surface area contributed by atoms with Crippen LogP contribution in [0.5, 0.6) is 0 Å². The first-order chi connectivity index (χ1) is 13.3. The van der Waals surface area contributed by atoms with Crippen LogP contribution in [0.25, 0.3) is 0 Å². The van der Waals surface area contributed by atoms with E-state index in [1.165, 1.54) is 24.3 Å². The second-order valence-electron chi connectivity index (χ2n) is 5.92. The van der Waals surface area contributed by atoms with E-state index in [1.807, 2.05) is 0 Å². The summed E-state index contributed by atoms with van der Waals surface area (Å²) in [5.74, 6) is -4.00. The van der Waals surface area contributed by atoms with E-state index >= 15 is 0 Å². The molecule has 1 aliphatic rings. The predicted molar refractivity (Wildman–Crippen MR) is 93.4 cm³/mol. The van der Waals surface area contributed by atoms with Crippen LogP contribution in [0.2, 0.25) is 0 Å². The van der Waals surface area contributed by atoms with Gasteiger partial charge < -0.3 is 10.1 Å². The number of carbonyl (C=O) groups is 4. The molecule has 28 heavy (non-hydrogen) atoms. The lowest BCUT2D eigenvalue weighted by molar-refractivity contribution is -0.121. The Hall–Kier alpha value is -3.62. The smallest absolute Gasteiger partial charge is 0.338 e. The molecule has 0 aromatic heterocycles. The van der Waals surface area contributed by atoms with Gasteiger partial charge in [0.15, 0.2) is 6.61 Å². The van der Waals surface area contributed by atoms with Crippen molar-refractivity contribution in [3.63, 3.8) is 0 Å². The lowest BCUT2D eigenvalue weighted by Crippen LogP contribution is -2.28. The molecule has 1 heterocycles. The molecule has 7 nitrogen and oxygen atoms in total. The van der Waals surface area contributed by atoms with Gasteiger partial charge in [0.1, 0.15) is 11.6 Å². The van der Waals surface area contributed by atoms with E-state index in [9.17, 15) is 28.0 Å². The highest BCUT2D eigenvalue weighted by molar-refractivity contribution is 6.19. The van der Waals surface area contributed by atoms with Crippen LogP contribution in [-0.2, 0) is 19.1 Å². The number of nitrogens with zero attached hydrogens (tertiary/aromatic N) is 1. The average molecular weight is 388 g/mol. The van der Waals surface area contributed by atoms with Crippen LogP contribution >= 0.6 is 0 Å². The van der Waals surface area contributed by atoms with Crippen LogP contribution in [-0.4, -0.2) is 30.3 Å². The number of imide groups is 1. The zero-order valence-electron chi connectivity index (χ0n) is 14.4. The number of carbonyl (C=O) groups excluding carboxylic acids is 4. The summed E-state index contributed by atoms with van der Waals surface area (Å²) in [4.78, 5) is 48.2. The normalized spacial score (nSPS) is 13.6. The summed E-state index contributed by atoms with van der Waals surface area (Å²) in [5, 5.41) is 2.16. The molecular weight excluding hydrogens is 374 g/mol. The monoisotopic (exact) mass is 388 g/mol. The van der Waals surface area contributed by atoms with E-state index in [4.69, 9.17) is 4.74 Å². The lowest BCUT2D eigenvalue weighted by Gasteiger charge is -2.14. The van der Waals surface area contributed by atoms with Crippen LogP contribution in [0.4, 0.5) is 20.2 Å². The molecule has 0 radical (unpaired) electrons. The fourth-order valence-electron chi connectivity index (χ4n) is 2.60. The van der Waals surface area contributed by atoms with Crippen molar-refractivity contribution in [2.45, 2.75) is 12.8 Å². The quantitative estimate of drug-likeness (QED) is 0.627. The van der Waals surface area contributed by atoms with Crippen molar-refractivity contribution in [1.29, 1.82) is 0 Å². The minimum Gasteiger partial charge on any atom is -0.452 e. The van der Waals surface area contributed by atoms with Gasteiger partial charge in [0.25, 0.3) is 5.91 Å². The third-order valence-electron chi connectivity index (χ3n) is 3.95. The summed E-state index contributed by atoms with van der Waals surface area (Å²) < 4.78 is 31.2. The number of hydrogen-bond donors (Lipinski definition) is 1. The van der Waals surface area contributed by atoms with Crippen molar-refractivity contribution in [3.05, 3.63) is 59.7 Å². The molecule has 1 saturated heterocycles. The van der Waals surface area contributed by atoms with Crippen molar-refractivity contribution in [1.82, 2.24) is 0 Å². The Morgan fingerprint density at radius 2 is 1.64 bits per heavy atom. The average Bonchev–Trinajstić information content (AvgIpc) is 3.00. The maximum absolute atomic E-state index is 13.5. The fraction of sp³-hybridized carbons (Fsp3) is 0.158. The van der Waals surface area contributed by atoms with Gasteiger partial charge in [-0.05, 0) is 36.4 Å². The molecule has 3 amide bonds. The number of rotatable bonds is 5. The van der Waals surface area contributed by atoms with Gasteiger partial charge in [-0.1, -0.05) is 0 Å². The summed E-state index contributed by atoms with van der Waals surface area (Å²) in [6, 6.07) is 8.19. The van der Waals surface area contributed by atoms with Crippen LogP contribution < -0.4 is 10.2 Å². The second-order valence-corrected chi connectivity index (χ2v) is 5.92. The first kappa shape index (κ1) is 19.2. The Morgan fingerprint density at radius 3 is 2.25 bits per heavy atom. The molecule has 1 fully saturated rings. The molecule has 2 aromatic carbocycles. The highest BCUT2D eigenvalue weighted by Crippen LogP contribution is 2.23. The molecule has 9 heteroatoms. The van der Waals surface area contributed by atoms with Crippen molar-refractivity contribution in [3.8, 4) is 0 Å². The van der Waals surface area contributed by atoms with Crippen molar-refractivity contribution in [2.75, 3.05) is 16.8 Å². The van der Waals surface area contributed by atoms with E-state index < -0.39 is 30.1 Å². The van der Waals surface area contributed by atoms with Crippen LogP contribution in [0.3, 0.4) is 0 Å². The highest BCUT2D eigenvalue weighted by atomic mass is 19.1. The Bertz CT molecular complexity index is 943. The zero-order valence-corrected chi connectivity index (χ0v) is 14.4. The van der Waals surface area contributed by atoms with Crippen LogP contribution in [0.1, 0.15) is 23.2 Å². The van der Waals surface area contributed by atoms with Gasteiger partial charge in [0.05, 0.1) is 16.9 Å². The first-order valence-electron chi connectivity index (χ1n) is 8.23. The van der Waals surface area contributed by atoms with Crippen molar-refractivity contribution in [2.24, 2.45) is 0 Å². The molecule has 1 aliphatic heterocycles. The summed E-state index contributed by atoms with van der Waals surface area (Å²) in [6.45, 7) is -0.680. The van der Waals surface area contributed by atoms with Gasteiger partial charge in [-0.15, -0.1) is 0 Å². The molecule has 0 aliphatic carbocycles. The minimum absolute atomic E-state index is 0.101. The fourth-order valence-corrected chi connectivity index (χ4v) is 2.60. The van der Waals surface area contributed by atoms with E-state index in [-0.39, 0.29) is 35.9 Å². The second kappa shape index (κ2) is 7.95. The number of halogens is 2. The molecule has 0 bridgehead atoms. The number of anilines is 2. The SMILES string of the molecule is O=C(COC(=O)c1ccc(N2C(=O)CCC2=O)cc1)Nc1ccc(F)cc1F. The molecule has 0 unspecified atom stereocenters. The summed E-state index contributed by atoms with van der Waals surface area (Å²) in [5.41, 5.74) is 0.198. The molecule has 0 atom stereocenters. The van der Waals surface area contributed by atoms with Crippen molar-refractivity contribution >= 4 is 35.1 Å². The summed E-state index contributed by atoms with van der Waals surface area (Å²) in [7, 11) is 0. The minimum atomic E-state index is -0.957. The zero-order chi connectivity index (χ0) is 20.3. The molecule has 0 spiro atoms. The largest absolute Gasteiger partial charge is 0.452 e. The van der Waals surface area contributed by atoms with Gasteiger partial charge in [-0.25, -0.2) is 13.6 Å². The van der Waals surface area contributed by atoms with E-state index in [0.29, 0.717) is 11.8 Å². The van der Waals surface area contributed by atoms with Crippen LogP contribution in [0, 0.1) is 11.6 Å². The van der Waals surface area contributed by atoms with Gasteiger partial charge in [-0.3, -0.25) is 19.3 Å². The van der Waals surface area contributed by atoms with Gasteiger partial charge in [-0.2, -0.15) is 0 Å². The maximum Gasteiger partial charge on any atom is 0.338 e. The van der Waals surface area contributed by atoms with Crippen molar-refractivity contribution < 1.29 is 32.7 Å². The number of nitrogens with one attached hydrogen (secondary N) is 1. The standard InChI is InChI=1S/C19H14F2N2O5/c20-12-3-6-15(14(21)9-12)22-16(24)10-28-19(27)11-1-4-13(5-2-11)23-17(25)7-8-18(23)26/h1-6,9H,7-8,10H2,(H,22,24). The predicted octanol–water partition coefficient (Wildman–Crippen LogP) is 2.41. The number of ether oxygens (including phenoxy) is 1. The Labute approximate surface area is 157 Å². The highest BCUT2D eigenvalue weighted by Gasteiger charge is 2.30. The maximum atomic E-state index is 13.5. The Balaban J connectivity index is 1.56. The van der Waals surface area contributed by atoms with Gasteiger partial charge >= 0.3 is 5.97 Å². The third-order valence-corrected chi connectivity index (χ3v) is 3.95. The molecule has 0 saturated carbocycles. The van der Waals surface area contributed by atoms with Crippen LogP contribution in [0.15, 0.2) is 42.5 Å². The molecule has 1 N–H and O–H groups in total. The number of benzene rings is 2. The van der Waals surface area contributed by atoms with E-state index in [0.717, 1.165) is 17.0 Å². The Morgan fingerprint density at radius 1 is 1.00 bits per heavy atom. The lowest BCUT2D eigenvalue weighted by atomic mass is 10.2.